The fourth-order valence-electron chi connectivity index (χ4n) is 3.36. The molecule has 0 bridgehead atoms. The summed E-state index contributed by atoms with van der Waals surface area (Å²) in [5, 5.41) is 12.4. The second kappa shape index (κ2) is 8.59. The summed E-state index contributed by atoms with van der Waals surface area (Å²) in [5.74, 6) is 0. The number of hydrogen-bond acceptors (Lipinski definition) is 6. The number of aromatic nitrogens is 3. The zero-order valence-corrected chi connectivity index (χ0v) is 23.3. The van der Waals surface area contributed by atoms with Gasteiger partial charge in [0.2, 0.25) is 0 Å². The van der Waals surface area contributed by atoms with Crippen molar-refractivity contribution < 1.29 is 18.7 Å². The quantitative estimate of drug-likeness (QED) is 0.581. The van der Waals surface area contributed by atoms with Crippen LogP contribution in [0.25, 0.3) is 11.0 Å². The van der Waals surface area contributed by atoms with Crippen molar-refractivity contribution in [2.24, 2.45) is 0 Å². The Balaban J connectivity index is 1.91. The van der Waals surface area contributed by atoms with E-state index < -0.39 is 35.1 Å². The minimum absolute atomic E-state index is 0.0169. The lowest BCUT2D eigenvalue weighted by molar-refractivity contribution is -0.0485. The van der Waals surface area contributed by atoms with Crippen LogP contribution in [-0.2, 0) is 13.6 Å². The summed E-state index contributed by atoms with van der Waals surface area (Å²) in [6.45, 7) is 22.6. The van der Waals surface area contributed by atoms with E-state index in [1.807, 2.05) is 16.8 Å². The van der Waals surface area contributed by atoms with Gasteiger partial charge in [-0.3, -0.25) is 0 Å². The van der Waals surface area contributed by atoms with Crippen LogP contribution in [0.5, 0.6) is 0 Å². The molecule has 1 fully saturated rings. The molecule has 0 radical (unpaired) electrons. The predicted molar refractivity (Wildman–Crippen MR) is 133 cm³/mol. The zero-order valence-electron chi connectivity index (χ0n) is 21.3. The van der Waals surface area contributed by atoms with Crippen LogP contribution >= 0.6 is 0 Å². The topological polar surface area (TPSA) is 78.6 Å². The van der Waals surface area contributed by atoms with Gasteiger partial charge in [0.05, 0.1) is 6.61 Å². The molecule has 1 N–H and O–H groups in total. The minimum Gasteiger partial charge on any atom is -0.414 e. The predicted octanol–water partition coefficient (Wildman–Crippen LogP) is 5.10. The highest BCUT2D eigenvalue weighted by Crippen LogP contribution is 2.43. The Labute approximate surface area is 194 Å². The van der Waals surface area contributed by atoms with Crippen molar-refractivity contribution in [3.8, 4) is 0 Å². The molecule has 32 heavy (non-hydrogen) atoms. The maximum atomic E-state index is 11.4. The Morgan fingerprint density at radius 3 is 2.28 bits per heavy atom. The van der Waals surface area contributed by atoms with Gasteiger partial charge in [0.15, 0.2) is 22.9 Å². The summed E-state index contributed by atoms with van der Waals surface area (Å²) in [6.07, 6.45) is 2.92. The smallest absolute Gasteiger partial charge is 0.192 e. The summed E-state index contributed by atoms with van der Waals surface area (Å²) in [6, 6.07) is 1.94. The van der Waals surface area contributed by atoms with Crippen molar-refractivity contribution in [2.45, 2.75) is 102 Å². The van der Waals surface area contributed by atoms with Gasteiger partial charge in [-0.1, -0.05) is 41.5 Å². The van der Waals surface area contributed by atoms with Crippen molar-refractivity contribution in [3.63, 3.8) is 0 Å². The Morgan fingerprint density at radius 1 is 1.06 bits per heavy atom. The second-order valence-corrected chi connectivity index (χ2v) is 21.6. The first kappa shape index (κ1) is 25.5. The van der Waals surface area contributed by atoms with E-state index in [0.29, 0.717) is 6.61 Å². The van der Waals surface area contributed by atoms with E-state index in [2.05, 4.69) is 77.7 Å². The molecule has 3 rings (SSSR count). The normalized spacial score (nSPS) is 25.6. The van der Waals surface area contributed by atoms with Crippen LogP contribution in [0.4, 0.5) is 0 Å². The van der Waals surface area contributed by atoms with Gasteiger partial charge in [-0.05, 0) is 42.3 Å². The van der Waals surface area contributed by atoms with Crippen molar-refractivity contribution in [3.05, 3.63) is 24.8 Å². The first-order valence-electron chi connectivity index (χ1n) is 11.5. The zero-order chi connectivity index (χ0) is 24.1. The highest BCUT2D eigenvalue weighted by atomic mass is 28.4. The average Bonchev–Trinajstić information content (AvgIpc) is 3.20. The molecule has 9 heteroatoms. The first-order chi connectivity index (χ1) is 14.6. The molecule has 0 spiro atoms. The number of aliphatic hydroxyl groups excluding tert-OH is 1. The third-order valence-electron chi connectivity index (χ3n) is 7.61. The summed E-state index contributed by atoms with van der Waals surface area (Å²) in [4.78, 5) is 8.50. The maximum absolute atomic E-state index is 11.4. The van der Waals surface area contributed by atoms with Gasteiger partial charge in [0, 0.05) is 17.8 Å². The summed E-state index contributed by atoms with van der Waals surface area (Å²) >= 11 is 0. The maximum Gasteiger partial charge on any atom is 0.192 e. The minimum atomic E-state index is -2.15. The molecule has 1 saturated heterocycles. The Bertz CT molecular complexity index is 933. The van der Waals surface area contributed by atoms with Gasteiger partial charge in [-0.2, -0.15) is 0 Å². The van der Waals surface area contributed by atoms with Crippen molar-refractivity contribution in [2.75, 3.05) is 6.61 Å². The van der Waals surface area contributed by atoms with E-state index in [0.717, 1.165) is 11.0 Å². The molecule has 0 saturated carbocycles. The van der Waals surface area contributed by atoms with Crippen LogP contribution in [0, 0.1) is 0 Å². The third kappa shape index (κ3) is 4.88. The Hall–Kier alpha value is -1.11. The van der Waals surface area contributed by atoms with Crippen molar-refractivity contribution >= 4 is 27.7 Å². The highest BCUT2D eigenvalue weighted by molar-refractivity contribution is 6.74. The fraction of sp³-hybridized carbons (Fsp3) is 0.739. The Morgan fingerprint density at radius 2 is 1.69 bits per heavy atom. The molecule has 180 valence electrons. The van der Waals surface area contributed by atoms with Crippen LogP contribution in [0.2, 0.25) is 36.3 Å². The Kier molecular flexibility index (Phi) is 6.85. The third-order valence-corrected chi connectivity index (χ3v) is 16.6. The van der Waals surface area contributed by atoms with Crippen LogP contribution in [-0.4, -0.2) is 61.2 Å². The molecule has 0 aliphatic carbocycles. The van der Waals surface area contributed by atoms with Gasteiger partial charge >= 0.3 is 0 Å². The van der Waals surface area contributed by atoms with Crippen molar-refractivity contribution in [1.29, 1.82) is 0 Å². The standard InChI is InChI=1S/C23H41N3O4Si2/c1-22(2,3)31(7,8)28-14-17-19(30-32(9,10)23(4,5)6)18(27)21(29-17)26-12-11-16-13-24-15-25-20(16)26/h11-13,15,17-19,21,27H,14H2,1-10H3/t17-,18-,19-,21-/m1/s1. The lowest BCUT2D eigenvalue weighted by atomic mass is 10.1. The molecular weight excluding hydrogens is 438 g/mol. The molecule has 2 aromatic heterocycles. The monoisotopic (exact) mass is 479 g/mol. The molecule has 0 unspecified atom stereocenters. The van der Waals surface area contributed by atoms with Gasteiger partial charge in [0.1, 0.15) is 30.3 Å². The molecule has 2 aromatic rings. The van der Waals surface area contributed by atoms with E-state index in [4.69, 9.17) is 13.6 Å². The van der Waals surface area contributed by atoms with Gasteiger partial charge in [0.25, 0.3) is 0 Å². The SMILES string of the molecule is CC(C)(C)[Si](C)(C)OC[C@H]1O[C@@H](n2ccc3cncnc32)[C@H](O)[C@@H]1O[Si](C)(C)C(C)(C)C. The molecule has 0 amide bonds. The van der Waals surface area contributed by atoms with E-state index in [1.165, 1.54) is 6.33 Å². The van der Waals surface area contributed by atoms with E-state index in [9.17, 15) is 5.11 Å². The van der Waals surface area contributed by atoms with Crippen LogP contribution in [0.1, 0.15) is 47.8 Å². The number of rotatable bonds is 6. The summed E-state index contributed by atoms with van der Waals surface area (Å²) in [7, 11) is -4.14. The number of ether oxygens (including phenoxy) is 1. The lowest BCUT2D eigenvalue weighted by Crippen LogP contribution is -2.51. The van der Waals surface area contributed by atoms with Gasteiger partial charge in [-0.25, -0.2) is 9.97 Å². The molecular formula is C23H41N3O4Si2. The lowest BCUT2D eigenvalue weighted by Gasteiger charge is -2.41. The number of nitrogens with zero attached hydrogens (tertiary/aromatic N) is 3. The molecule has 4 atom stereocenters. The highest BCUT2D eigenvalue weighted by Gasteiger charge is 2.51. The molecule has 1 aliphatic heterocycles. The van der Waals surface area contributed by atoms with E-state index >= 15 is 0 Å². The fourth-order valence-corrected chi connectivity index (χ4v) is 5.70. The van der Waals surface area contributed by atoms with Crippen LogP contribution < -0.4 is 0 Å². The largest absolute Gasteiger partial charge is 0.414 e. The number of fused-ring (bicyclic) bond motifs is 1. The summed E-state index contributed by atoms with van der Waals surface area (Å²) in [5.41, 5.74) is 0.737. The first-order valence-corrected chi connectivity index (χ1v) is 17.3. The molecule has 0 aromatic carbocycles. The summed E-state index contributed by atoms with van der Waals surface area (Å²) < 4.78 is 21.6. The number of aliphatic hydroxyl groups is 1. The van der Waals surface area contributed by atoms with Gasteiger partial charge < -0.3 is 23.3 Å². The van der Waals surface area contributed by atoms with Crippen LogP contribution in [0.3, 0.4) is 0 Å². The van der Waals surface area contributed by atoms with E-state index in [1.54, 1.807) is 6.20 Å². The number of hydrogen-bond donors (Lipinski definition) is 1. The van der Waals surface area contributed by atoms with Crippen molar-refractivity contribution in [1.82, 2.24) is 14.5 Å². The molecule has 3 heterocycles. The van der Waals surface area contributed by atoms with Crippen LogP contribution in [0.15, 0.2) is 24.8 Å². The molecule has 7 nitrogen and oxygen atoms in total. The second-order valence-electron chi connectivity index (χ2n) is 12.0. The molecule has 1 aliphatic rings. The van der Waals surface area contributed by atoms with E-state index in [-0.39, 0.29) is 16.2 Å². The average molecular weight is 480 g/mol. The van der Waals surface area contributed by atoms with Gasteiger partial charge in [-0.15, -0.1) is 0 Å².